The number of halogens is 1. The van der Waals surface area contributed by atoms with Crippen LogP contribution in [0.5, 0.6) is 0 Å². The molecule has 2 rings (SSSR count). The van der Waals surface area contributed by atoms with Crippen LogP contribution >= 0.6 is 0 Å². The Morgan fingerprint density at radius 1 is 1.45 bits per heavy atom. The van der Waals surface area contributed by atoms with Crippen molar-refractivity contribution in [3.05, 3.63) is 35.1 Å². The van der Waals surface area contributed by atoms with Gasteiger partial charge in [-0.25, -0.2) is 4.39 Å². The number of piperidine rings is 1. The summed E-state index contributed by atoms with van der Waals surface area (Å²) in [6.07, 6.45) is 4.81. The van der Waals surface area contributed by atoms with Crippen molar-refractivity contribution in [1.82, 2.24) is 4.90 Å². The van der Waals surface area contributed by atoms with E-state index in [-0.39, 0.29) is 11.7 Å². The van der Waals surface area contributed by atoms with E-state index in [0.717, 1.165) is 44.5 Å². The Labute approximate surface area is 132 Å². The van der Waals surface area contributed by atoms with E-state index in [1.165, 1.54) is 12.5 Å². The van der Waals surface area contributed by atoms with Gasteiger partial charge in [-0.2, -0.15) is 0 Å². The Bertz CT molecular complexity index is 504. The Balaban J connectivity index is 1.87. The third kappa shape index (κ3) is 4.80. The van der Waals surface area contributed by atoms with Crippen LogP contribution in [0.1, 0.15) is 36.8 Å². The molecular formula is C18H26FNO2. The number of carbonyl (C=O) groups is 1. The van der Waals surface area contributed by atoms with Gasteiger partial charge in [0.2, 0.25) is 5.91 Å². The highest BCUT2D eigenvalue weighted by Crippen LogP contribution is 2.22. The molecule has 0 aliphatic carbocycles. The van der Waals surface area contributed by atoms with E-state index in [0.29, 0.717) is 17.9 Å². The number of nitrogens with zero attached hydrogens (tertiary/aromatic N) is 1. The van der Waals surface area contributed by atoms with Crippen molar-refractivity contribution in [3.8, 4) is 0 Å². The molecule has 22 heavy (non-hydrogen) atoms. The third-order valence-electron chi connectivity index (χ3n) is 4.41. The predicted molar refractivity (Wildman–Crippen MR) is 85.3 cm³/mol. The number of aryl methyl sites for hydroxylation is 1. The maximum atomic E-state index is 13.3. The first kappa shape index (κ1) is 16.9. The fraction of sp³-hybridized carbons (Fsp3) is 0.611. The van der Waals surface area contributed by atoms with E-state index in [4.69, 9.17) is 4.74 Å². The highest BCUT2D eigenvalue weighted by molar-refractivity contribution is 5.78. The molecule has 1 aliphatic heterocycles. The van der Waals surface area contributed by atoms with Gasteiger partial charge in [0.15, 0.2) is 0 Å². The van der Waals surface area contributed by atoms with E-state index in [2.05, 4.69) is 0 Å². The van der Waals surface area contributed by atoms with Crippen molar-refractivity contribution in [3.63, 3.8) is 0 Å². The second-order valence-electron chi connectivity index (χ2n) is 6.24. The summed E-state index contributed by atoms with van der Waals surface area (Å²) in [6, 6.07) is 4.93. The molecule has 0 spiro atoms. The lowest BCUT2D eigenvalue weighted by Gasteiger charge is -2.33. The summed E-state index contributed by atoms with van der Waals surface area (Å²) in [6.45, 7) is 4.22. The number of benzene rings is 1. The summed E-state index contributed by atoms with van der Waals surface area (Å²) in [5.74, 6) is 0.526. The van der Waals surface area contributed by atoms with Gasteiger partial charge in [-0.05, 0) is 55.7 Å². The Morgan fingerprint density at radius 2 is 2.27 bits per heavy atom. The normalized spacial score (nSPS) is 18.5. The second kappa shape index (κ2) is 8.28. The molecule has 4 heteroatoms. The van der Waals surface area contributed by atoms with E-state index in [9.17, 15) is 9.18 Å². The maximum Gasteiger partial charge on any atom is 0.226 e. The lowest BCUT2D eigenvalue weighted by atomic mass is 9.93. The number of rotatable bonds is 6. The lowest BCUT2D eigenvalue weighted by Crippen LogP contribution is -2.40. The molecular weight excluding hydrogens is 281 g/mol. The van der Waals surface area contributed by atoms with E-state index < -0.39 is 0 Å². The Kier molecular flexibility index (Phi) is 6.37. The van der Waals surface area contributed by atoms with E-state index in [1.54, 1.807) is 26.2 Å². The van der Waals surface area contributed by atoms with Crippen LogP contribution in [0.2, 0.25) is 0 Å². The van der Waals surface area contributed by atoms with Crippen LogP contribution in [0, 0.1) is 18.7 Å². The van der Waals surface area contributed by atoms with E-state index >= 15 is 0 Å². The highest BCUT2D eigenvalue weighted by Gasteiger charge is 2.23. The zero-order chi connectivity index (χ0) is 15.9. The van der Waals surface area contributed by atoms with Crippen molar-refractivity contribution >= 4 is 5.91 Å². The first-order chi connectivity index (χ1) is 10.6. The standard InChI is InChI=1S/C18H26FNO2/c1-14-11-16(7-8-17(14)19)12-18(21)20-9-3-5-15(13-20)6-4-10-22-2/h7-8,11,15H,3-6,9-10,12-13H2,1-2H3. The molecule has 0 N–H and O–H groups in total. The highest BCUT2D eigenvalue weighted by atomic mass is 19.1. The van der Waals surface area contributed by atoms with Gasteiger partial charge in [-0.3, -0.25) is 4.79 Å². The zero-order valence-corrected chi connectivity index (χ0v) is 13.6. The minimum atomic E-state index is -0.215. The molecule has 1 amide bonds. The largest absolute Gasteiger partial charge is 0.385 e. The molecule has 122 valence electrons. The summed E-state index contributed by atoms with van der Waals surface area (Å²) in [5.41, 5.74) is 1.49. The predicted octanol–water partition coefficient (Wildman–Crippen LogP) is 3.34. The smallest absolute Gasteiger partial charge is 0.226 e. The van der Waals surface area contributed by atoms with Crippen LogP contribution < -0.4 is 0 Å². The molecule has 3 nitrogen and oxygen atoms in total. The Morgan fingerprint density at radius 3 is 3.00 bits per heavy atom. The molecule has 1 unspecified atom stereocenters. The molecule has 1 fully saturated rings. The van der Waals surface area contributed by atoms with Crippen LogP contribution in [0.15, 0.2) is 18.2 Å². The van der Waals surface area contributed by atoms with Crippen molar-refractivity contribution in [1.29, 1.82) is 0 Å². The van der Waals surface area contributed by atoms with Gasteiger partial charge >= 0.3 is 0 Å². The molecule has 0 bridgehead atoms. The van der Waals surface area contributed by atoms with Crippen molar-refractivity contribution in [2.75, 3.05) is 26.8 Å². The number of amides is 1. The van der Waals surface area contributed by atoms with Crippen LogP contribution in [0.4, 0.5) is 4.39 Å². The molecule has 1 saturated heterocycles. The van der Waals surface area contributed by atoms with E-state index in [1.807, 2.05) is 4.90 Å². The summed E-state index contributed by atoms with van der Waals surface area (Å²) in [7, 11) is 1.72. The molecule has 1 aromatic carbocycles. The summed E-state index contributed by atoms with van der Waals surface area (Å²) < 4.78 is 18.4. The molecule has 0 aromatic heterocycles. The van der Waals surface area contributed by atoms with Crippen LogP contribution in [0.3, 0.4) is 0 Å². The summed E-state index contributed by atoms with van der Waals surface area (Å²) in [5, 5.41) is 0. The third-order valence-corrected chi connectivity index (χ3v) is 4.41. The van der Waals surface area contributed by atoms with Gasteiger partial charge < -0.3 is 9.64 Å². The minimum absolute atomic E-state index is 0.155. The fourth-order valence-electron chi connectivity index (χ4n) is 3.15. The quantitative estimate of drug-likeness (QED) is 0.754. The number of hydrogen-bond donors (Lipinski definition) is 0. The van der Waals surface area contributed by atoms with Crippen molar-refractivity contribution in [2.24, 2.45) is 5.92 Å². The van der Waals surface area contributed by atoms with Gasteiger partial charge in [-0.1, -0.05) is 12.1 Å². The number of likely N-dealkylation sites (tertiary alicyclic amines) is 1. The monoisotopic (exact) mass is 307 g/mol. The minimum Gasteiger partial charge on any atom is -0.385 e. The number of ether oxygens (including phenoxy) is 1. The van der Waals surface area contributed by atoms with Crippen molar-refractivity contribution < 1.29 is 13.9 Å². The molecule has 0 radical (unpaired) electrons. The number of carbonyl (C=O) groups excluding carboxylic acids is 1. The number of hydrogen-bond acceptors (Lipinski definition) is 2. The molecule has 1 aliphatic rings. The first-order valence-electron chi connectivity index (χ1n) is 8.12. The first-order valence-corrected chi connectivity index (χ1v) is 8.12. The van der Waals surface area contributed by atoms with Gasteiger partial charge in [0, 0.05) is 26.8 Å². The summed E-state index contributed by atoms with van der Waals surface area (Å²) >= 11 is 0. The number of methoxy groups -OCH3 is 1. The maximum absolute atomic E-state index is 13.3. The summed E-state index contributed by atoms with van der Waals surface area (Å²) in [4.78, 5) is 14.4. The average Bonchev–Trinajstić information content (AvgIpc) is 2.51. The van der Waals surface area contributed by atoms with Gasteiger partial charge in [0.25, 0.3) is 0 Å². The topological polar surface area (TPSA) is 29.5 Å². The van der Waals surface area contributed by atoms with Gasteiger partial charge in [0.05, 0.1) is 6.42 Å². The second-order valence-corrected chi connectivity index (χ2v) is 6.24. The van der Waals surface area contributed by atoms with Gasteiger partial charge in [-0.15, -0.1) is 0 Å². The molecule has 1 atom stereocenters. The Hall–Kier alpha value is -1.42. The van der Waals surface area contributed by atoms with Crippen LogP contribution in [-0.4, -0.2) is 37.6 Å². The molecule has 1 heterocycles. The lowest BCUT2D eigenvalue weighted by molar-refractivity contribution is -0.132. The fourth-order valence-corrected chi connectivity index (χ4v) is 3.15. The van der Waals surface area contributed by atoms with Gasteiger partial charge in [0.1, 0.15) is 5.82 Å². The van der Waals surface area contributed by atoms with Crippen LogP contribution in [0.25, 0.3) is 0 Å². The molecule has 0 saturated carbocycles. The van der Waals surface area contributed by atoms with Crippen LogP contribution in [-0.2, 0) is 16.0 Å². The van der Waals surface area contributed by atoms with Crippen molar-refractivity contribution in [2.45, 2.75) is 39.0 Å². The average molecular weight is 307 g/mol. The zero-order valence-electron chi connectivity index (χ0n) is 13.6. The molecule has 1 aromatic rings. The SMILES string of the molecule is COCCCC1CCCN(C(=O)Cc2ccc(F)c(C)c2)C1.